The first kappa shape index (κ1) is 14.3. The lowest BCUT2D eigenvalue weighted by Crippen LogP contribution is -2.19. The van der Waals surface area contributed by atoms with Crippen LogP contribution in [0.5, 0.6) is 11.5 Å². The number of pyridine rings is 1. The molecule has 0 amide bonds. The lowest BCUT2D eigenvalue weighted by molar-refractivity contribution is 0.404. The van der Waals surface area contributed by atoms with Gasteiger partial charge in [-0.05, 0) is 32.0 Å². The number of aryl methyl sites for hydroxylation is 1. The summed E-state index contributed by atoms with van der Waals surface area (Å²) >= 11 is 0. The fraction of sp³-hybridized carbons (Fsp3) is 0.312. The van der Waals surface area contributed by atoms with Crippen LogP contribution in [0, 0.1) is 6.92 Å². The van der Waals surface area contributed by atoms with E-state index in [4.69, 9.17) is 4.74 Å². The Kier molecular flexibility index (Phi) is 4.58. The summed E-state index contributed by atoms with van der Waals surface area (Å²) in [6.45, 7) is 4.65. The van der Waals surface area contributed by atoms with Gasteiger partial charge in [-0.25, -0.2) is 0 Å². The molecule has 0 saturated heterocycles. The first-order chi connectivity index (χ1) is 9.60. The SMILES string of the molecule is COc1ccc(C(C)NCc2cccc(C)n2)c(O)c1. The van der Waals surface area contributed by atoms with E-state index in [2.05, 4.69) is 10.3 Å². The van der Waals surface area contributed by atoms with Crippen molar-refractivity contribution in [2.75, 3.05) is 7.11 Å². The molecule has 1 aromatic heterocycles. The van der Waals surface area contributed by atoms with Gasteiger partial charge in [0.2, 0.25) is 0 Å². The van der Waals surface area contributed by atoms with Crippen molar-refractivity contribution in [2.45, 2.75) is 26.4 Å². The van der Waals surface area contributed by atoms with Crippen molar-refractivity contribution in [1.29, 1.82) is 0 Å². The Bertz CT molecular complexity index is 584. The first-order valence-electron chi connectivity index (χ1n) is 6.63. The van der Waals surface area contributed by atoms with Gasteiger partial charge in [0.15, 0.2) is 0 Å². The maximum absolute atomic E-state index is 10.00. The standard InChI is InChI=1S/C16H20N2O2/c1-11-5-4-6-13(18-11)10-17-12(2)15-8-7-14(20-3)9-16(15)19/h4-9,12,17,19H,10H2,1-3H3. The highest BCUT2D eigenvalue weighted by Gasteiger charge is 2.11. The Morgan fingerprint density at radius 2 is 2.10 bits per heavy atom. The van der Waals surface area contributed by atoms with E-state index in [1.807, 2.05) is 44.2 Å². The van der Waals surface area contributed by atoms with E-state index < -0.39 is 0 Å². The van der Waals surface area contributed by atoms with Crippen molar-refractivity contribution in [3.63, 3.8) is 0 Å². The third-order valence-corrected chi connectivity index (χ3v) is 3.24. The third kappa shape index (κ3) is 3.48. The molecule has 4 nitrogen and oxygen atoms in total. The number of ether oxygens (including phenoxy) is 1. The molecule has 0 aliphatic carbocycles. The molecule has 0 aliphatic rings. The average molecular weight is 272 g/mol. The van der Waals surface area contributed by atoms with Gasteiger partial charge in [-0.15, -0.1) is 0 Å². The van der Waals surface area contributed by atoms with Gasteiger partial charge in [-0.1, -0.05) is 12.1 Å². The molecule has 20 heavy (non-hydrogen) atoms. The van der Waals surface area contributed by atoms with Crippen molar-refractivity contribution in [3.8, 4) is 11.5 Å². The van der Waals surface area contributed by atoms with E-state index >= 15 is 0 Å². The fourth-order valence-corrected chi connectivity index (χ4v) is 2.08. The summed E-state index contributed by atoms with van der Waals surface area (Å²) in [7, 11) is 1.58. The van der Waals surface area contributed by atoms with Gasteiger partial charge in [-0.2, -0.15) is 0 Å². The summed E-state index contributed by atoms with van der Waals surface area (Å²) in [6, 6.07) is 11.3. The van der Waals surface area contributed by atoms with Crippen LogP contribution in [0.2, 0.25) is 0 Å². The molecule has 0 radical (unpaired) electrons. The second-order valence-electron chi connectivity index (χ2n) is 4.80. The number of methoxy groups -OCH3 is 1. The van der Waals surface area contributed by atoms with Gasteiger partial charge in [0, 0.05) is 29.9 Å². The van der Waals surface area contributed by atoms with Crippen molar-refractivity contribution in [2.24, 2.45) is 0 Å². The molecule has 1 atom stereocenters. The van der Waals surface area contributed by atoms with Gasteiger partial charge in [0.05, 0.1) is 12.8 Å². The Hall–Kier alpha value is -2.07. The van der Waals surface area contributed by atoms with Crippen LogP contribution in [0.25, 0.3) is 0 Å². The van der Waals surface area contributed by atoms with E-state index in [-0.39, 0.29) is 11.8 Å². The topological polar surface area (TPSA) is 54.4 Å². The van der Waals surface area contributed by atoms with Crippen LogP contribution >= 0.6 is 0 Å². The Labute approximate surface area is 119 Å². The highest BCUT2D eigenvalue weighted by Crippen LogP contribution is 2.28. The molecule has 0 spiro atoms. The zero-order valence-corrected chi connectivity index (χ0v) is 12.1. The van der Waals surface area contributed by atoms with Crippen molar-refractivity contribution < 1.29 is 9.84 Å². The van der Waals surface area contributed by atoms with Crippen LogP contribution in [-0.2, 0) is 6.54 Å². The number of phenols is 1. The summed E-state index contributed by atoms with van der Waals surface area (Å²) in [5, 5.41) is 13.4. The molecule has 1 aromatic carbocycles. The summed E-state index contributed by atoms with van der Waals surface area (Å²) in [5.41, 5.74) is 2.84. The number of aromatic hydroxyl groups is 1. The van der Waals surface area contributed by atoms with Gasteiger partial charge in [0.1, 0.15) is 11.5 Å². The number of rotatable bonds is 5. The highest BCUT2D eigenvalue weighted by atomic mass is 16.5. The number of nitrogens with one attached hydrogen (secondary N) is 1. The van der Waals surface area contributed by atoms with Crippen LogP contribution in [0.1, 0.15) is 29.9 Å². The largest absolute Gasteiger partial charge is 0.507 e. The smallest absolute Gasteiger partial charge is 0.124 e. The van der Waals surface area contributed by atoms with Crippen LogP contribution < -0.4 is 10.1 Å². The second kappa shape index (κ2) is 6.39. The first-order valence-corrected chi connectivity index (χ1v) is 6.63. The molecule has 1 heterocycles. The molecular weight excluding hydrogens is 252 g/mol. The molecular formula is C16H20N2O2. The number of hydrogen-bond donors (Lipinski definition) is 2. The van der Waals surface area contributed by atoms with E-state index in [0.29, 0.717) is 12.3 Å². The van der Waals surface area contributed by atoms with Crippen molar-refractivity contribution >= 4 is 0 Å². The Morgan fingerprint density at radius 3 is 2.75 bits per heavy atom. The zero-order chi connectivity index (χ0) is 14.5. The second-order valence-corrected chi connectivity index (χ2v) is 4.80. The minimum Gasteiger partial charge on any atom is -0.507 e. The van der Waals surface area contributed by atoms with Gasteiger partial charge in [0.25, 0.3) is 0 Å². The minimum atomic E-state index is 0.0308. The van der Waals surface area contributed by atoms with Gasteiger partial charge >= 0.3 is 0 Å². The summed E-state index contributed by atoms with van der Waals surface area (Å²) in [6.07, 6.45) is 0. The fourth-order valence-electron chi connectivity index (χ4n) is 2.08. The van der Waals surface area contributed by atoms with E-state index in [1.165, 1.54) is 0 Å². The summed E-state index contributed by atoms with van der Waals surface area (Å²) in [5.74, 6) is 0.889. The molecule has 0 fully saturated rings. The quantitative estimate of drug-likeness (QED) is 0.878. The number of nitrogens with zero attached hydrogens (tertiary/aromatic N) is 1. The Balaban J connectivity index is 2.03. The van der Waals surface area contributed by atoms with Crippen LogP contribution in [0.3, 0.4) is 0 Å². The molecule has 0 saturated carbocycles. The molecule has 4 heteroatoms. The van der Waals surface area contributed by atoms with E-state index in [0.717, 1.165) is 17.0 Å². The molecule has 1 unspecified atom stereocenters. The third-order valence-electron chi connectivity index (χ3n) is 3.24. The number of phenolic OH excluding ortho intramolecular Hbond substituents is 1. The number of hydrogen-bond acceptors (Lipinski definition) is 4. The summed E-state index contributed by atoms with van der Waals surface area (Å²) < 4.78 is 5.08. The average Bonchev–Trinajstić information content (AvgIpc) is 2.44. The van der Waals surface area contributed by atoms with Crippen molar-refractivity contribution in [1.82, 2.24) is 10.3 Å². The lowest BCUT2D eigenvalue weighted by Gasteiger charge is -2.16. The maximum Gasteiger partial charge on any atom is 0.124 e. The molecule has 0 aliphatic heterocycles. The van der Waals surface area contributed by atoms with Crippen LogP contribution in [0.15, 0.2) is 36.4 Å². The normalized spacial score (nSPS) is 12.2. The van der Waals surface area contributed by atoms with Crippen molar-refractivity contribution in [3.05, 3.63) is 53.3 Å². The predicted molar refractivity (Wildman–Crippen MR) is 78.9 cm³/mol. The predicted octanol–water partition coefficient (Wildman–Crippen LogP) is 2.96. The van der Waals surface area contributed by atoms with Gasteiger partial charge < -0.3 is 15.2 Å². The number of benzene rings is 1. The molecule has 106 valence electrons. The van der Waals surface area contributed by atoms with E-state index in [1.54, 1.807) is 13.2 Å². The van der Waals surface area contributed by atoms with Crippen LogP contribution in [-0.4, -0.2) is 17.2 Å². The maximum atomic E-state index is 10.00. The van der Waals surface area contributed by atoms with Gasteiger partial charge in [-0.3, -0.25) is 4.98 Å². The zero-order valence-electron chi connectivity index (χ0n) is 12.1. The minimum absolute atomic E-state index is 0.0308. The highest BCUT2D eigenvalue weighted by molar-refractivity contribution is 5.41. The summed E-state index contributed by atoms with van der Waals surface area (Å²) in [4.78, 5) is 4.44. The molecule has 2 N–H and O–H groups in total. The molecule has 2 aromatic rings. The molecule has 2 rings (SSSR count). The van der Waals surface area contributed by atoms with E-state index in [9.17, 15) is 5.11 Å². The van der Waals surface area contributed by atoms with Crippen LogP contribution in [0.4, 0.5) is 0 Å². The number of aromatic nitrogens is 1. The Morgan fingerprint density at radius 1 is 1.30 bits per heavy atom. The monoisotopic (exact) mass is 272 g/mol. The lowest BCUT2D eigenvalue weighted by atomic mass is 10.1. The molecule has 0 bridgehead atoms.